The Hall–Kier alpha value is -3.89. The van der Waals surface area contributed by atoms with E-state index in [1.807, 2.05) is 38.1 Å². The molecule has 238 valence electrons. The van der Waals surface area contributed by atoms with Gasteiger partial charge < -0.3 is 26.8 Å². The molecule has 1 unspecified atom stereocenters. The Labute approximate surface area is 258 Å². The Bertz CT molecular complexity index is 1380. The highest BCUT2D eigenvalue weighted by Crippen LogP contribution is 2.44. The molecule has 2 aromatic rings. The Morgan fingerprint density at radius 2 is 1.61 bits per heavy atom. The summed E-state index contributed by atoms with van der Waals surface area (Å²) in [4.78, 5) is 41.4. The first-order chi connectivity index (χ1) is 20.9. The normalized spacial score (nSPS) is 17.8. The molecular formula is C34H44F2N4O4. The monoisotopic (exact) mass is 610 g/mol. The van der Waals surface area contributed by atoms with E-state index >= 15 is 0 Å². The summed E-state index contributed by atoms with van der Waals surface area (Å²) in [6, 6.07) is 10.9. The van der Waals surface area contributed by atoms with Crippen LogP contribution in [0.3, 0.4) is 0 Å². The van der Waals surface area contributed by atoms with E-state index in [0.29, 0.717) is 32.5 Å². The molecule has 0 aliphatic heterocycles. The van der Waals surface area contributed by atoms with Gasteiger partial charge in [-0.3, -0.25) is 14.4 Å². The first-order valence-corrected chi connectivity index (χ1v) is 15.2. The highest BCUT2D eigenvalue weighted by Gasteiger charge is 2.49. The van der Waals surface area contributed by atoms with Gasteiger partial charge in [-0.25, -0.2) is 8.78 Å². The third-order valence-corrected chi connectivity index (χ3v) is 8.10. The third kappa shape index (κ3) is 8.60. The van der Waals surface area contributed by atoms with Crippen LogP contribution in [0.25, 0.3) is 0 Å². The second kappa shape index (κ2) is 15.7. The number of carbonyl (C=O) groups excluding carboxylic acids is 3. The highest BCUT2D eigenvalue weighted by molar-refractivity contribution is 6.03. The van der Waals surface area contributed by atoms with Crippen LogP contribution in [-0.2, 0) is 33.8 Å². The van der Waals surface area contributed by atoms with E-state index in [0.717, 1.165) is 35.7 Å². The molecule has 3 rings (SSSR count). The van der Waals surface area contributed by atoms with Crippen LogP contribution in [0.4, 0.5) is 8.78 Å². The molecule has 1 aliphatic carbocycles. The molecule has 8 nitrogen and oxygen atoms in total. The minimum atomic E-state index is -1.78. The van der Waals surface area contributed by atoms with Gasteiger partial charge in [0.2, 0.25) is 17.7 Å². The summed E-state index contributed by atoms with van der Waals surface area (Å²) in [5.74, 6) is -4.88. The number of nitrogens with zero attached hydrogens (tertiary/aromatic N) is 1. The maximum Gasteiger partial charge on any atom is 0.249 e. The van der Waals surface area contributed by atoms with Gasteiger partial charge in [-0.15, -0.1) is 0 Å². The van der Waals surface area contributed by atoms with Crippen LogP contribution in [0.15, 0.2) is 65.8 Å². The van der Waals surface area contributed by atoms with E-state index in [1.165, 1.54) is 12.2 Å². The minimum absolute atomic E-state index is 0.0155. The van der Waals surface area contributed by atoms with E-state index in [9.17, 15) is 28.3 Å². The summed E-state index contributed by atoms with van der Waals surface area (Å²) in [6.45, 7) is 7.23. The zero-order valence-corrected chi connectivity index (χ0v) is 25.7. The van der Waals surface area contributed by atoms with Crippen molar-refractivity contribution in [2.24, 2.45) is 22.8 Å². The van der Waals surface area contributed by atoms with E-state index < -0.39 is 40.9 Å². The van der Waals surface area contributed by atoms with E-state index in [2.05, 4.69) is 12.2 Å². The lowest BCUT2D eigenvalue weighted by Gasteiger charge is -2.42. The molecule has 0 heterocycles. The summed E-state index contributed by atoms with van der Waals surface area (Å²) in [5.41, 5.74) is 12.3. The van der Waals surface area contributed by atoms with Gasteiger partial charge >= 0.3 is 0 Å². The lowest BCUT2D eigenvalue weighted by molar-refractivity contribution is -0.132. The molecule has 0 radical (unpaired) electrons. The lowest BCUT2D eigenvalue weighted by atomic mass is 9.63. The zero-order chi connectivity index (χ0) is 32.4. The van der Waals surface area contributed by atoms with Crippen molar-refractivity contribution in [3.8, 4) is 0 Å². The van der Waals surface area contributed by atoms with Crippen LogP contribution in [0.5, 0.6) is 0 Å². The van der Waals surface area contributed by atoms with Gasteiger partial charge in [0.25, 0.3) is 0 Å². The molecular weight excluding hydrogens is 566 g/mol. The Balaban J connectivity index is 2.06. The fraction of sp³-hybridized carbons (Fsp3) is 0.441. The van der Waals surface area contributed by atoms with Gasteiger partial charge in [0.1, 0.15) is 11.6 Å². The molecule has 44 heavy (non-hydrogen) atoms. The number of aryl methyl sites for hydroxylation is 1. The fourth-order valence-electron chi connectivity index (χ4n) is 5.95. The predicted octanol–water partition coefficient (Wildman–Crippen LogP) is 3.70. The third-order valence-electron chi connectivity index (χ3n) is 8.10. The fourth-order valence-corrected chi connectivity index (χ4v) is 5.95. The van der Waals surface area contributed by atoms with Crippen LogP contribution < -0.4 is 16.8 Å². The van der Waals surface area contributed by atoms with Gasteiger partial charge in [-0.1, -0.05) is 51.1 Å². The summed E-state index contributed by atoms with van der Waals surface area (Å²) in [5, 5.41) is 14.9. The lowest BCUT2D eigenvalue weighted by Crippen LogP contribution is -2.52. The SMILES string of the molecule is CCCN(CCC)C(=O)C1=CC(C(N)=O)=CC(C(N)=O)([C@H](Cc2cc(F)cc(F)c2)[C@@H](O)CNCc2cccc(CC)c2)C1. The van der Waals surface area contributed by atoms with E-state index in [-0.39, 0.29) is 42.0 Å². The molecule has 2 aromatic carbocycles. The number of nitrogens with one attached hydrogen (secondary N) is 1. The number of rotatable bonds is 16. The number of primary amides is 2. The molecule has 0 saturated heterocycles. The number of aliphatic hydroxyl groups is 1. The first-order valence-electron chi connectivity index (χ1n) is 15.2. The standard InChI is InChI=1S/C34H44F2N4O4/c1-4-10-40(11-5-2)32(43)26-16-25(31(37)42)18-34(19-26,33(38)44)29(15-24-13-27(35)17-28(36)14-24)30(41)21-39-20-23-9-7-8-22(6-3)12-23/h7-9,12-14,16-18,29-30,39,41H,4-6,10-11,15,19-21H2,1-3H3,(H2,37,42)(H2,38,44)/t29-,30+,34?/m1/s1. The number of aliphatic hydroxyl groups excluding tert-OH is 1. The molecule has 1 aliphatic rings. The highest BCUT2D eigenvalue weighted by atomic mass is 19.1. The number of amides is 3. The zero-order valence-electron chi connectivity index (χ0n) is 25.7. The van der Waals surface area contributed by atoms with Crippen molar-refractivity contribution in [3.63, 3.8) is 0 Å². The quantitative estimate of drug-likeness (QED) is 0.230. The van der Waals surface area contributed by atoms with Gasteiger partial charge in [0.05, 0.1) is 11.5 Å². The molecule has 0 bridgehead atoms. The second-order valence-electron chi connectivity index (χ2n) is 11.5. The van der Waals surface area contributed by atoms with E-state index in [1.54, 1.807) is 4.90 Å². The molecule has 0 fully saturated rings. The van der Waals surface area contributed by atoms with Crippen molar-refractivity contribution in [1.29, 1.82) is 0 Å². The number of nitrogens with two attached hydrogens (primary N) is 2. The van der Waals surface area contributed by atoms with Crippen molar-refractivity contribution in [2.75, 3.05) is 19.6 Å². The summed E-state index contributed by atoms with van der Waals surface area (Å²) in [6.07, 6.45) is 3.24. The molecule has 3 amide bonds. The van der Waals surface area contributed by atoms with Gasteiger partial charge in [0, 0.05) is 49.3 Å². The van der Waals surface area contributed by atoms with Crippen molar-refractivity contribution >= 4 is 17.7 Å². The number of carbonyl (C=O) groups is 3. The predicted molar refractivity (Wildman–Crippen MR) is 166 cm³/mol. The van der Waals surface area contributed by atoms with Crippen LogP contribution in [-0.4, -0.2) is 53.5 Å². The molecule has 3 atom stereocenters. The van der Waals surface area contributed by atoms with Gasteiger partial charge in [-0.05, 0) is 67.0 Å². The summed E-state index contributed by atoms with van der Waals surface area (Å²) >= 11 is 0. The van der Waals surface area contributed by atoms with E-state index in [4.69, 9.17) is 11.5 Å². The Kier molecular flexibility index (Phi) is 12.4. The van der Waals surface area contributed by atoms with Crippen LogP contribution in [0, 0.1) is 23.0 Å². The minimum Gasteiger partial charge on any atom is -0.391 e. The molecule has 0 saturated carbocycles. The summed E-state index contributed by atoms with van der Waals surface area (Å²) < 4.78 is 28.5. The Morgan fingerprint density at radius 1 is 0.977 bits per heavy atom. The number of hydrogen-bond acceptors (Lipinski definition) is 5. The van der Waals surface area contributed by atoms with Crippen molar-refractivity contribution in [2.45, 2.75) is 65.5 Å². The van der Waals surface area contributed by atoms with Gasteiger partial charge in [-0.2, -0.15) is 0 Å². The molecule has 10 heteroatoms. The largest absolute Gasteiger partial charge is 0.391 e. The van der Waals surface area contributed by atoms with Crippen molar-refractivity contribution in [1.82, 2.24) is 10.2 Å². The average Bonchev–Trinajstić information content (AvgIpc) is 2.98. The van der Waals surface area contributed by atoms with Crippen LogP contribution >= 0.6 is 0 Å². The van der Waals surface area contributed by atoms with Gasteiger partial charge in [0.15, 0.2) is 0 Å². The maximum atomic E-state index is 14.3. The summed E-state index contributed by atoms with van der Waals surface area (Å²) in [7, 11) is 0. The smallest absolute Gasteiger partial charge is 0.249 e. The van der Waals surface area contributed by atoms with Crippen molar-refractivity contribution < 1.29 is 28.3 Å². The van der Waals surface area contributed by atoms with Crippen molar-refractivity contribution in [3.05, 3.63) is 94.1 Å². The molecule has 0 aromatic heterocycles. The van der Waals surface area contributed by atoms with Crippen LogP contribution in [0.1, 0.15) is 56.7 Å². The topological polar surface area (TPSA) is 139 Å². The average molecular weight is 611 g/mol. The maximum absolute atomic E-state index is 14.3. The van der Waals surface area contributed by atoms with Crippen LogP contribution in [0.2, 0.25) is 0 Å². The first kappa shape index (κ1) is 34.6. The number of hydrogen-bond donors (Lipinski definition) is 4. The second-order valence-corrected chi connectivity index (χ2v) is 11.5. The molecule has 6 N–H and O–H groups in total. The Morgan fingerprint density at radius 3 is 2.18 bits per heavy atom. The number of benzene rings is 2. The number of halogens is 2. The molecule has 0 spiro atoms.